The SMILES string of the molecule is NNC(=O)c1ccc(Cl)cc1NC(=O)Nc1cc(F)cc(Cl)c1. The monoisotopic (exact) mass is 356 g/mol. The number of benzene rings is 2. The lowest BCUT2D eigenvalue weighted by Gasteiger charge is -2.12. The molecule has 0 unspecified atom stereocenters. The van der Waals surface area contributed by atoms with Crippen LogP contribution in [-0.4, -0.2) is 11.9 Å². The molecule has 2 rings (SSSR count). The van der Waals surface area contributed by atoms with Crippen LogP contribution in [0.1, 0.15) is 10.4 Å². The maximum absolute atomic E-state index is 13.2. The smallest absolute Gasteiger partial charge is 0.308 e. The highest BCUT2D eigenvalue weighted by atomic mass is 35.5. The maximum Gasteiger partial charge on any atom is 0.323 e. The largest absolute Gasteiger partial charge is 0.323 e. The average molecular weight is 357 g/mol. The first-order valence-corrected chi connectivity index (χ1v) is 6.99. The van der Waals surface area contributed by atoms with Crippen molar-refractivity contribution in [2.24, 2.45) is 5.84 Å². The van der Waals surface area contributed by atoms with Crippen molar-refractivity contribution in [1.29, 1.82) is 0 Å². The Kier molecular flexibility index (Phi) is 5.38. The lowest BCUT2D eigenvalue weighted by Crippen LogP contribution is -2.31. The van der Waals surface area contributed by atoms with E-state index in [0.29, 0.717) is 5.02 Å². The van der Waals surface area contributed by atoms with Gasteiger partial charge in [0.05, 0.1) is 11.3 Å². The number of carbonyl (C=O) groups is 2. The van der Waals surface area contributed by atoms with Gasteiger partial charge in [-0.1, -0.05) is 23.2 Å². The van der Waals surface area contributed by atoms with E-state index in [1.54, 1.807) is 0 Å². The van der Waals surface area contributed by atoms with Crippen molar-refractivity contribution in [3.8, 4) is 0 Å². The lowest BCUT2D eigenvalue weighted by molar-refractivity contribution is 0.0954. The molecule has 0 bridgehead atoms. The van der Waals surface area contributed by atoms with Crippen molar-refractivity contribution in [3.63, 3.8) is 0 Å². The van der Waals surface area contributed by atoms with Crippen LogP contribution in [0.4, 0.5) is 20.6 Å². The van der Waals surface area contributed by atoms with E-state index in [0.717, 1.165) is 12.1 Å². The molecular formula is C14H11Cl2FN4O2. The molecule has 0 aliphatic carbocycles. The van der Waals surface area contributed by atoms with Gasteiger partial charge >= 0.3 is 6.03 Å². The Morgan fingerprint density at radius 1 is 1.00 bits per heavy atom. The highest BCUT2D eigenvalue weighted by molar-refractivity contribution is 6.31. The van der Waals surface area contributed by atoms with Gasteiger partial charge < -0.3 is 10.6 Å². The van der Waals surface area contributed by atoms with Crippen LogP contribution in [0.2, 0.25) is 10.0 Å². The van der Waals surface area contributed by atoms with Gasteiger partial charge in [-0.3, -0.25) is 10.2 Å². The summed E-state index contributed by atoms with van der Waals surface area (Å²) in [7, 11) is 0. The molecule has 0 fully saturated rings. The maximum atomic E-state index is 13.2. The third kappa shape index (κ3) is 4.56. The topological polar surface area (TPSA) is 96.2 Å². The van der Waals surface area contributed by atoms with Crippen molar-refractivity contribution >= 4 is 46.5 Å². The molecule has 9 heteroatoms. The Hall–Kier alpha value is -2.35. The quantitative estimate of drug-likeness (QED) is 0.385. The van der Waals surface area contributed by atoms with Crippen molar-refractivity contribution in [1.82, 2.24) is 5.43 Å². The summed E-state index contributed by atoms with van der Waals surface area (Å²) in [4.78, 5) is 23.6. The lowest BCUT2D eigenvalue weighted by atomic mass is 10.1. The second kappa shape index (κ2) is 7.28. The fourth-order valence-electron chi connectivity index (χ4n) is 1.81. The molecule has 120 valence electrons. The number of nitrogen functional groups attached to an aromatic ring is 1. The zero-order chi connectivity index (χ0) is 17.0. The molecule has 23 heavy (non-hydrogen) atoms. The summed E-state index contributed by atoms with van der Waals surface area (Å²) in [6, 6.07) is 7.11. The standard InChI is InChI=1S/C14H11Cl2FN4O2/c15-7-1-2-11(13(22)21-18)12(5-7)20-14(23)19-10-4-8(16)3-9(17)6-10/h1-6H,18H2,(H,21,22)(H2,19,20,23). The predicted molar refractivity (Wildman–Crippen MR) is 87.2 cm³/mol. The minimum atomic E-state index is -0.708. The van der Waals surface area contributed by atoms with E-state index in [1.165, 1.54) is 24.3 Å². The first-order valence-electron chi connectivity index (χ1n) is 6.23. The highest BCUT2D eigenvalue weighted by Gasteiger charge is 2.13. The number of nitrogens with one attached hydrogen (secondary N) is 3. The van der Waals surface area contributed by atoms with Gasteiger partial charge in [0.15, 0.2) is 0 Å². The molecule has 0 saturated carbocycles. The number of amides is 3. The Balaban J connectivity index is 2.19. The minimum absolute atomic E-state index is 0.115. The summed E-state index contributed by atoms with van der Waals surface area (Å²) in [6.07, 6.45) is 0. The van der Waals surface area contributed by atoms with E-state index in [1.807, 2.05) is 5.43 Å². The van der Waals surface area contributed by atoms with Crippen LogP contribution in [0.15, 0.2) is 36.4 Å². The van der Waals surface area contributed by atoms with Gasteiger partial charge in [0.1, 0.15) is 5.82 Å². The van der Waals surface area contributed by atoms with E-state index in [-0.39, 0.29) is 22.0 Å². The van der Waals surface area contributed by atoms with Crippen LogP contribution < -0.4 is 21.9 Å². The molecule has 0 radical (unpaired) electrons. The van der Waals surface area contributed by atoms with E-state index in [2.05, 4.69) is 10.6 Å². The number of hydrogen-bond donors (Lipinski definition) is 4. The molecular weight excluding hydrogens is 346 g/mol. The summed E-state index contributed by atoms with van der Waals surface area (Å²) in [6.45, 7) is 0. The molecule has 0 heterocycles. The molecule has 0 aliphatic heterocycles. The summed E-state index contributed by atoms with van der Waals surface area (Å²) in [5.74, 6) is 3.88. The van der Waals surface area contributed by atoms with Crippen LogP contribution in [0.3, 0.4) is 0 Å². The van der Waals surface area contributed by atoms with Crippen molar-refractivity contribution in [3.05, 3.63) is 57.8 Å². The van der Waals surface area contributed by atoms with Gasteiger partial charge in [0.2, 0.25) is 0 Å². The van der Waals surface area contributed by atoms with Gasteiger partial charge in [-0.05, 0) is 36.4 Å². The number of halogens is 3. The Morgan fingerprint density at radius 2 is 1.74 bits per heavy atom. The molecule has 2 aromatic rings. The summed E-state index contributed by atoms with van der Waals surface area (Å²) >= 11 is 11.6. The normalized spacial score (nSPS) is 10.1. The number of hydrogen-bond acceptors (Lipinski definition) is 3. The molecule has 0 aromatic heterocycles. The van der Waals surface area contributed by atoms with Crippen molar-refractivity contribution < 1.29 is 14.0 Å². The van der Waals surface area contributed by atoms with Crippen LogP contribution in [0.25, 0.3) is 0 Å². The average Bonchev–Trinajstić information content (AvgIpc) is 2.45. The van der Waals surface area contributed by atoms with Gasteiger partial charge in [-0.25, -0.2) is 15.0 Å². The van der Waals surface area contributed by atoms with E-state index >= 15 is 0 Å². The van der Waals surface area contributed by atoms with Crippen LogP contribution in [0, 0.1) is 5.82 Å². The second-order valence-corrected chi connectivity index (χ2v) is 5.27. The number of nitrogens with two attached hydrogens (primary N) is 1. The van der Waals surface area contributed by atoms with Gasteiger partial charge in [0, 0.05) is 15.7 Å². The van der Waals surface area contributed by atoms with Crippen LogP contribution >= 0.6 is 23.2 Å². The van der Waals surface area contributed by atoms with Crippen molar-refractivity contribution in [2.75, 3.05) is 10.6 Å². The second-order valence-electron chi connectivity index (χ2n) is 4.40. The van der Waals surface area contributed by atoms with E-state index < -0.39 is 17.8 Å². The summed E-state index contributed by atoms with van der Waals surface area (Å²) < 4.78 is 13.2. The summed E-state index contributed by atoms with van der Waals surface area (Å²) in [5.41, 5.74) is 2.36. The van der Waals surface area contributed by atoms with E-state index in [9.17, 15) is 14.0 Å². The number of anilines is 2. The zero-order valence-corrected chi connectivity index (χ0v) is 13.0. The zero-order valence-electron chi connectivity index (χ0n) is 11.5. The highest BCUT2D eigenvalue weighted by Crippen LogP contribution is 2.22. The number of carbonyl (C=O) groups excluding carboxylic acids is 2. The third-order valence-corrected chi connectivity index (χ3v) is 3.18. The van der Waals surface area contributed by atoms with Crippen LogP contribution in [0.5, 0.6) is 0 Å². The summed E-state index contributed by atoms with van der Waals surface area (Å²) in [5, 5.41) is 5.27. The molecule has 5 N–H and O–H groups in total. The van der Waals surface area contributed by atoms with Crippen LogP contribution in [-0.2, 0) is 0 Å². The third-order valence-electron chi connectivity index (χ3n) is 2.73. The van der Waals surface area contributed by atoms with Crippen molar-refractivity contribution in [2.45, 2.75) is 0 Å². The molecule has 6 nitrogen and oxygen atoms in total. The number of rotatable bonds is 3. The fourth-order valence-corrected chi connectivity index (χ4v) is 2.20. The molecule has 3 amide bonds. The first kappa shape index (κ1) is 17.0. The Labute approximate surface area is 140 Å². The molecule has 0 saturated heterocycles. The fraction of sp³-hybridized carbons (Fsp3) is 0. The molecule has 0 aliphatic rings. The molecule has 0 atom stereocenters. The molecule has 2 aromatic carbocycles. The number of hydrazine groups is 1. The first-order chi connectivity index (χ1) is 10.9. The van der Waals surface area contributed by atoms with Gasteiger partial charge in [0.25, 0.3) is 5.91 Å². The van der Waals surface area contributed by atoms with Gasteiger partial charge in [-0.2, -0.15) is 0 Å². The van der Waals surface area contributed by atoms with Gasteiger partial charge in [-0.15, -0.1) is 0 Å². The van der Waals surface area contributed by atoms with E-state index in [4.69, 9.17) is 29.0 Å². The Morgan fingerprint density at radius 3 is 2.39 bits per heavy atom. The molecule has 0 spiro atoms. The Bertz CT molecular complexity index is 750. The minimum Gasteiger partial charge on any atom is -0.308 e. The number of urea groups is 1. The predicted octanol–water partition coefficient (Wildman–Crippen LogP) is 3.38.